The Morgan fingerprint density at radius 2 is 2.21 bits per heavy atom. The Bertz CT molecular complexity index is 349. The van der Waals surface area contributed by atoms with E-state index >= 15 is 0 Å². The highest BCUT2D eigenvalue weighted by Gasteiger charge is 2.38. The number of nitrogens with one attached hydrogen (secondary N) is 1. The van der Waals surface area contributed by atoms with Crippen molar-refractivity contribution in [3.63, 3.8) is 0 Å². The lowest BCUT2D eigenvalue weighted by molar-refractivity contribution is -0.146. The van der Waals surface area contributed by atoms with Crippen molar-refractivity contribution >= 4 is 12.0 Å². The normalized spacial score (nSPS) is 27.7. The molecular formula is C12H20N2O5. The molecule has 2 amide bonds. The minimum atomic E-state index is -1.43. The van der Waals surface area contributed by atoms with Crippen LogP contribution in [0.25, 0.3) is 0 Å². The van der Waals surface area contributed by atoms with Gasteiger partial charge in [-0.15, -0.1) is 0 Å². The summed E-state index contributed by atoms with van der Waals surface area (Å²) in [4.78, 5) is 24.2. The molecule has 1 saturated heterocycles. The summed E-state index contributed by atoms with van der Waals surface area (Å²) >= 11 is 0. The fraction of sp³-hybridized carbons (Fsp3) is 0.833. The zero-order chi connectivity index (χ0) is 13.8. The number of nitrogens with zero attached hydrogens (tertiary/aromatic N) is 1. The van der Waals surface area contributed by atoms with E-state index in [-0.39, 0.29) is 31.1 Å². The third kappa shape index (κ3) is 3.36. The largest absolute Gasteiger partial charge is 0.479 e. The van der Waals surface area contributed by atoms with Gasteiger partial charge in [0, 0.05) is 19.5 Å². The monoisotopic (exact) mass is 272 g/mol. The number of fused-ring (bicyclic) bond motifs is 1. The molecule has 0 aromatic carbocycles. The van der Waals surface area contributed by atoms with Crippen LogP contribution in [0, 0.1) is 0 Å². The maximum absolute atomic E-state index is 12.0. The lowest BCUT2D eigenvalue weighted by Gasteiger charge is -2.37. The van der Waals surface area contributed by atoms with Crippen LogP contribution in [0.15, 0.2) is 0 Å². The van der Waals surface area contributed by atoms with Crippen LogP contribution in [0.2, 0.25) is 0 Å². The van der Waals surface area contributed by atoms with Gasteiger partial charge in [0.1, 0.15) is 0 Å². The molecule has 108 valence electrons. The molecule has 3 atom stereocenters. The number of carboxylic acids is 1. The van der Waals surface area contributed by atoms with E-state index < -0.39 is 12.1 Å². The van der Waals surface area contributed by atoms with E-state index in [9.17, 15) is 9.59 Å². The molecule has 1 heterocycles. The van der Waals surface area contributed by atoms with Crippen LogP contribution in [0.4, 0.5) is 4.79 Å². The summed E-state index contributed by atoms with van der Waals surface area (Å²) < 4.78 is 5.62. The summed E-state index contributed by atoms with van der Waals surface area (Å²) in [7, 11) is 0. The van der Waals surface area contributed by atoms with Crippen molar-refractivity contribution in [2.45, 2.75) is 43.9 Å². The summed E-state index contributed by atoms with van der Waals surface area (Å²) in [6.07, 6.45) is 1.74. The third-order valence-corrected chi connectivity index (χ3v) is 3.72. The van der Waals surface area contributed by atoms with Crippen LogP contribution >= 0.6 is 0 Å². The van der Waals surface area contributed by atoms with Crippen LogP contribution in [-0.2, 0) is 9.53 Å². The van der Waals surface area contributed by atoms with Crippen molar-refractivity contribution in [3.05, 3.63) is 0 Å². The van der Waals surface area contributed by atoms with Gasteiger partial charge in [0.25, 0.3) is 0 Å². The second-order valence-corrected chi connectivity index (χ2v) is 4.98. The van der Waals surface area contributed by atoms with Gasteiger partial charge in [0.15, 0.2) is 6.10 Å². The first-order chi connectivity index (χ1) is 9.09. The molecule has 1 aliphatic heterocycles. The molecule has 7 nitrogen and oxygen atoms in total. The molecule has 7 heteroatoms. The number of hydrogen-bond donors (Lipinski definition) is 3. The van der Waals surface area contributed by atoms with Gasteiger partial charge in [-0.2, -0.15) is 0 Å². The van der Waals surface area contributed by atoms with Crippen molar-refractivity contribution in [3.8, 4) is 0 Å². The Morgan fingerprint density at radius 1 is 1.42 bits per heavy atom. The Balaban J connectivity index is 1.77. The first-order valence-electron chi connectivity index (χ1n) is 6.66. The highest BCUT2D eigenvalue weighted by Crippen LogP contribution is 2.29. The Hall–Kier alpha value is -1.34. The quantitative estimate of drug-likeness (QED) is 0.657. The van der Waals surface area contributed by atoms with E-state index in [0.717, 1.165) is 19.3 Å². The number of amides is 2. The predicted octanol–water partition coefficient (Wildman–Crippen LogP) is -0.215. The van der Waals surface area contributed by atoms with Crippen molar-refractivity contribution in [2.24, 2.45) is 0 Å². The standard InChI is InChI=1S/C12H20N2O5/c15-9(11(16)17)4-5-13-12(18)14-6-7-19-10-3-1-2-8(10)14/h8-10,15H,1-7H2,(H,13,18)(H,16,17). The number of ether oxygens (including phenoxy) is 1. The SMILES string of the molecule is O=C(O)C(O)CCNC(=O)N1CCOC2CCCC21. The van der Waals surface area contributed by atoms with Gasteiger partial charge in [-0.05, 0) is 19.3 Å². The van der Waals surface area contributed by atoms with Crippen molar-refractivity contribution in [2.75, 3.05) is 19.7 Å². The second kappa shape index (κ2) is 6.21. The second-order valence-electron chi connectivity index (χ2n) is 4.98. The molecule has 1 saturated carbocycles. The number of aliphatic hydroxyl groups is 1. The smallest absolute Gasteiger partial charge is 0.332 e. The summed E-state index contributed by atoms with van der Waals surface area (Å²) in [6, 6.07) is -0.0593. The number of aliphatic carboxylic acids is 1. The number of aliphatic hydroxyl groups excluding tert-OH is 1. The maximum atomic E-state index is 12.0. The molecule has 0 spiro atoms. The first-order valence-corrected chi connectivity index (χ1v) is 6.66. The molecule has 0 bridgehead atoms. The van der Waals surface area contributed by atoms with Crippen LogP contribution in [-0.4, -0.2) is 65.1 Å². The highest BCUT2D eigenvalue weighted by molar-refractivity contribution is 5.75. The van der Waals surface area contributed by atoms with E-state index in [1.165, 1.54) is 0 Å². The van der Waals surface area contributed by atoms with Gasteiger partial charge in [-0.1, -0.05) is 0 Å². The molecule has 1 aliphatic carbocycles. The van der Waals surface area contributed by atoms with Crippen molar-refractivity contribution in [1.82, 2.24) is 10.2 Å². The molecule has 0 aromatic heterocycles. The zero-order valence-electron chi connectivity index (χ0n) is 10.7. The third-order valence-electron chi connectivity index (χ3n) is 3.72. The van der Waals surface area contributed by atoms with Gasteiger partial charge in [-0.3, -0.25) is 0 Å². The van der Waals surface area contributed by atoms with E-state index in [2.05, 4.69) is 5.32 Å². The molecule has 2 fully saturated rings. The van der Waals surface area contributed by atoms with E-state index in [1.807, 2.05) is 0 Å². The number of morpholine rings is 1. The number of carbonyl (C=O) groups excluding carboxylic acids is 1. The van der Waals surface area contributed by atoms with Gasteiger partial charge in [0.2, 0.25) is 0 Å². The number of hydrogen-bond acceptors (Lipinski definition) is 4. The summed E-state index contributed by atoms with van der Waals surface area (Å²) in [6.45, 7) is 1.27. The Labute approximate surface area is 111 Å². The summed E-state index contributed by atoms with van der Waals surface area (Å²) in [5.41, 5.74) is 0. The molecule has 0 radical (unpaired) electrons. The molecule has 3 unspecified atom stereocenters. The van der Waals surface area contributed by atoms with Gasteiger partial charge < -0.3 is 25.2 Å². The Morgan fingerprint density at radius 3 is 2.95 bits per heavy atom. The molecular weight excluding hydrogens is 252 g/mol. The Kier molecular flexibility index (Phi) is 4.60. The van der Waals surface area contributed by atoms with E-state index in [0.29, 0.717) is 13.2 Å². The topological polar surface area (TPSA) is 99.1 Å². The minimum absolute atomic E-state index is 0.0134. The fourth-order valence-corrected chi connectivity index (χ4v) is 2.72. The number of carboxylic acid groups (broad SMARTS) is 1. The van der Waals surface area contributed by atoms with Crippen LogP contribution in [0.5, 0.6) is 0 Å². The van der Waals surface area contributed by atoms with Crippen molar-refractivity contribution < 1.29 is 24.5 Å². The summed E-state index contributed by atoms with van der Waals surface area (Å²) in [5.74, 6) is -1.27. The predicted molar refractivity (Wildman–Crippen MR) is 65.7 cm³/mol. The minimum Gasteiger partial charge on any atom is -0.479 e. The lowest BCUT2D eigenvalue weighted by Crippen LogP contribution is -2.54. The lowest BCUT2D eigenvalue weighted by atomic mass is 10.1. The highest BCUT2D eigenvalue weighted by atomic mass is 16.5. The van der Waals surface area contributed by atoms with Gasteiger partial charge in [-0.25, -0.2) is 9.59 Å². The zero-order valence-corrected chi connectivity index (χ0v) is 10.7. The molecule has 2 aliphatic rings. The van der Waals surface area contributed by atoms with E-state index in [4.69, 9.17) is 14.9 Å². The van der Waals surface area contributed by atoms with Gasteiger partial charge in [0.05, 0.1) is 18.8 Å². The average Bonchev–Trinajstić information content (AvgIpc) is 2.86. The number of urea groups is 1. The average molecular weight is 272 g/mol. The molecule has 3 N–H and O–H groups in total. The summed E-state index contributed by atoms with van der Waals surface area (Å²) in [5, 5.41) is 20.3. The van der Waals surface area contributed by atoms with Crippen LogP contribution in [0.3, 0.4) is 0 Å². The molecule has 2 rings (SSSR count). The maximum Gasteiger partial charge on any atom is 0.332 e. The first kappa shape index (κ1) is 14.1. The number of rotatable bonds is 4. The molecule has 19 heavy (non-hydrogen) atoms. The number of carbonyl (C=O) groups is 2. The van der Waals surface area contributed by atoms with Crippen LogP contribution < -0.4 is 5.32 Å². The van der Waals surface area contributed by atoms with E-state index in [1.54, 1.807) is 4.90 Å². The fourth-order valence-electron chi connectivity index (χ4n) is 2.72. The molecule has 0 aromatic rings. The van der Waals surface area contributed by atoms with Crippen LogP contribution in [0.1, 0.15) is 25.7 Å². The van der Waals surface area contributed by atoms with Crippen molar-refractivity contribution in [1.29, 1.82) is 0 Å². The van der Waals surface area contributed by atoms with Gasteiger partial charge >= 0.3 is 12.0 Å².